The van der Waals surface area contributed by atoms with Crippen LogP contribution in [-0.2, 0) is 9.53 Å². The second-order valence-corrected chi connectivity index (χ2v) is 6.61. The monoisotopic (exact) mass is 441 g/mol. The first-order chi connectivity index (χ1) is 14.3. The van der Waals surface area contributed by atoms with Gasteiger partial charge in [0, 0.05) is 0 Å². The third-order valence-corrected chi connectivity index (χ3v) is 4.14. The fourth-order valence-corrected chi connectivity index (χ4v) is 2.68. The van der Waals surface area contributed by atoms with E-state index in [2.05, 4.69) is 5.32 Å². The van der Waals surface area contributed by atoms with E-state index in [9.17, 15) is 18.4 Å². The van der Waals surface area contributed by atoms with E-state index in [1.165, 1.54) is 19.1 Å². The summed E-state index contributed by atoms with van der Waals surface area (Å²) in [5, 5.41) is 2.22. The molecule has 0 aliphatic heterocycles. The third-order valence-electron chi connectivity index (χ3n) is 3.86. The van der Waals surface area contributed by atoms with Crippen LogP contribution in [0.3, 0.4) is 0 Å². The molecular formula is C21H22ClF2NO5. The van der Waals surface area contributed by atoms with Crippen LogP contribution in [0.4, 0.5) is 14.5 Å². The number of rotatable bonds is 9. The van der Waals surface area contributed by atoms with Gasteiger partial charge in [-0.3, -0.25) is 4.79 Å². The molecule has 1 N–H and O–H groups in total. The fourth-order valence-electron chi connectivity index (χ4n) is 2.42. The summed E-state index contributed by atoms with van der Waals surface area (Å²) >= 11 is 6.22. The zero-order valence-corrected chi connectivity index (χ0v) is 17.5. The van der Waals surface area contributed by atoms with Crippen molar-refractivity contribution in [3.8, 4) is 11.5 Å². The van der Waals surface area contributed by atoms with Crippen molar-refractivity contribution in [2.75, 3.05) is 18.5 Å². The molecule has 2 aromatic rings. The lowest BCUT2D eigenvalue weighted by atomic mass is 10.2. The summed E-state index contributed by atoms with van der Waals surface area (Å²) in [7, 11) is 0. The molecule has 1 unspecified atom stereocenters. The van der Waals surface area contributed by atoms with Gasteiger partial charge in [-0.1, -0.05) is 24.6 Å². The number of anilines is 1. The van der Waals surface area contributed by atoms with Gasteiger partial charge in [0.15, 0.2) is 17.6 Å². The number of ether oxygens (including phenoxy) is 3. The van der Waals surface area contributed by atoms with E-state index < -0.39 is 35.3 Å². The smallest absolute Gasteiger partial charge is 0.339 e. The van der Waals surface area contributed by atoms with E-state index in [4.69, 9.17) is 25.8 Å². The van der Waals surface area contributed by atoms with Crippen LogP contribution < -0.4 is 14.8 Å². The largest absolute Gasteiger partial charge is 0.490 e. The maximum atomic E-state index is 13.7. The highest BCUT2D eigenvalue weighted by molar-refractivity contribution is 6.32. The van der Waals surface area contributed by atoms with Gasteiger partial charge in [0.2, 0.25) is 0 Å². The standard InChI is InChI=1S/C21H22ClF2NO5/c1-4-9-29-19-14(22)10-13(11-17(19)28-5-2)21(27)30-12(3)20(26)25-18-15(23)7-6-8-16(18)24/h6-8,10-12H,4-5,9H2,1-3H3,(H,25,26). The van der Waals surface area contributed by atoms with Gasteiger partial charge < -0.3 is 19.5 Å². The Hall–Kier alpha value is -2.87. The number of carbonyl (C=O) groups excluding carboxylic acids is 2. The first-order valence-corrected chi connectivity index (χ1v) is 9.71. The summed E-state index contributed by atoms with van der Waals surface area (Å²) in [5.74, 6) is -3.09. The maximum absolute atomic E-state index is 13.7. The summed E-state index contributed by atoms with van der Waals surface area (Å²) in [5.41, 5.74) is -0.589. The Bertz CT molecular complexity index is 902. The van der Waals surface area contributed by atoms with Crippen LogP contribution in [0, 0.1) is 11.6 Å². The summed E-state index contributed by atoms with van der Waals surface area (Å²) in [6.45, 7) is 5.68. The molecule has 9 heteroatoms. The molecule has 30 heavy (non-hydrogen) atoms. The molecule has 2 rings (SSSR count). The normalized spacial score (nSPS) is 11.5. The molecule has 0 aliphatic carbocycles. The van der Waals surface area contributed by atoms with E-state index in [1.807, 2.05) is 6.92 Å². The molecule has 0 heterocycles. The predicted octanol–water partition coefficient (Wildman–Crippen LogP) is 4.99. The van der Waals surface area contributed by atoms with E-state index in [0.29, 0.717) is 19.0 Å². The number of hydrogen-bond donors (Lipinski definition) is 1. The predicted molar refractivity (Wildman–Crippen MR) is 108 cm³/mol. The Morgan fingerprint density at radius 1 is 1.13 bits per heavy atom. The minimum absolute atomic E-state index is 0.0315. The molecule has 162 valence electrons. The number of nitrogens with one attached hydrogen (secondary N) is 1. The van der Waals surface area contributed by atoms with Gasteiger partial charge in [-0.15, -0.1) is 0 Å². The Morgan fingerprint density at radius 3 is 2.40 bits per heavy atom. The Kier molecular flexibility index (Phi) is 8.41. The molecule has 0 radical (unpaired) electrons. The second-order valence-electron chi connectivity index (χ2n) is 6.20. The highest BCUT2D eigenvalue weighted by Gasteiger charge is 2.23. The lowest BCUT2D eigenvalue weighted by molar-refractivity contribution is -0.123. The summed E-state index contributed by atoms with van der Waals surface area (Å²) in [6.07, 6.45) is -0.581. The molecule has 0 fully saturated rings. The average Bonchev–Trinajstić information content (AvgIpc) is 2.70. The minimum Gasteiger partial charge on any atom is -0.490 e. The lowest BCUT2D eigenvalue weighted by Crippen LogP contribution is -2.30. The van der Waals surface area contributed by atoms with Crippen molar-refractivity contribution in [3.05, 3.63) is 52.6 Å². The highest BCUT2D eigenvalue weighted by Crippen LogP contribution is 2.37. The number of halogens is 3. The van der Waals surface area contributed by atoms with Gasteiger partial charge in [0.25, 0.3) is 5.91 Å². The van der Waals surface area contributed by atoms with Gasteiger partial charge in [0.05, 0.1) is 23.8 Å². The van der Waals surface area contributed by atoms with Gasteiger partial charge in [-0.05, 0) is 44.5 Å². The lowest BCUT2D eigenvalue weighted by Gasteiger charge is -2.16. The second kappa shape index (κ2) is 10.8. The Morgan fingerprint density at radius 2 is 1.80 bits per heavy atom. The van der Waals surface area contributed by atoms with Gasteiger partial charge in [-0.25, -0.2) is 13.6 Å². The summed E-state index contributed by atoms with van der Waals surface area (Å²) in [6, 6.07) is 5.88. The SMILES string of the molecule is CCCOc1c(Cl)cc(C(=O)OC(C)C(=O)Nc2c(F)cccc2F)cc1OCC. The number of amides is 1. The van der Waals surface area contributed by atoms with Crippen molar-refractivity contribution < 1.29 is 32.6 Å². The van der Waals surface area contributed by atoms with Crippen molar-refractivity contribution >= 4 is 29.2 Å². The first-order valence-electron chi connectivity index (χ1n) is 9.33. The first kappa shape index (κ1) is 23.4. The third kappa shape index (κ3) is 5.82. The molecule has 2 aromatic carbocycles. The van der Waals surface area contributed by atoms with E-state index in [-0.39, 0.29) is 16.3 Å². The number of para-hydroxylation sites is 1. The molecule has 0 aromatic heterocycles. The average molecular weight is 442 g/mol. The van der Waals surface area contributed by atoms with Crippen LogP contribution in [0.2, 0.25) is 5.02 Å². The van der Waals surface area contributed by atoms with Crippen molar-refractivity contribution in [1.82, 2.24) is 0 Å². The number of hydrogen-bond acceptors (Lipinski definition) is 5. The van der Waals surface area contributed by atoms with Crippen LogP contribution >= 0.6 is 11.6 Å². The summed E-state index contributed by atoms with van der Waals surface area (Å²) in [4.78, 5) is 24.7. The quantitative estimate of drug-likeness (QED) is 0.555. The van der Waals surface area contributed by atoms with Crippen molar-refractivity contribution in [2.24, 2.45) is 0 Å². The van der Waals surface area contributed by atoms with Crippen molar-refractivity contribution in [3.63, 3.8) is 0 Å². The minimum atomic E-state index is -1.33. The zero-order valence-electron chi connectivity index (χ0n) is 16.8. The zero-order chi connectivity index (χ0) is 22.3. The molecule has 1 atom stereocenters. The Labute approximate surface area is 178 Å². The number of esters is 1. The van der Waals surface area contributed by atoms with Gasteiger partial charge >= 0.3 is 5.97 Å². The molecule has 0 spiro atoms. The highest BCUT2D eigenvalue weighted by atomic mass is 35.5. The molecular weight excluding hydrogens is 420 g/mol. The fraction of sp³-hybridized carbons (Fsp3) is 0.333. The molecule has 0 bridgehead atoms. The molecule has 0 saturated heterocycles. The molecule has 1 amide bonds. The van der Waals surface area contributed by atoms with E-state index >= 15 is 0 Å². The van der Waals surface area contributed by atoms with Crippen LogP contribution in [0.5, 0.6) is 11.5 Å². The van der Waals surface area contributed by atoms with Crippen molar-refractivity contribution in [1.29, 1.82) is 0 Å². The molecule has 6 nitrogen and oxygen atoms in total. The van der Waals surface area contributed by atoms with Crippen LogP contribution in [0.15, 0.2) is 30.3 Å². The maximum Gasteiger partial charge on any atom is 0.339 e. The van der Waals surface area contributed by atoms with E-state index in [0.717, 1.165) is 24.6 Å². The molecule has 0 aliphatic rings. The van der Waals surface area contributed by atoms with Crippen LogP contribution in [0.25, 0.3) is 0 Å². The van der Waals surface area contributed by atoms with Gasteiger partial charge in [-0.2, -0.15) is 0 Å². The van der Waals surface area contributed by atoms with E-state index in [1.54, 1.807) is 6.92 Å². The van der Waals surface area contributed by atoms with Crippen LogP contribution in [-0.4, -0.2) is 31.2 Å². The van der Waals surface area contributed by atoms with Crippen molar-refractivity contribution in [2.45, 2.75) is 33.3 Å². The number of benzene rings is 2. The topological polar surface area (TPSA) is 73.9 Å². The Balaban J connectivity index is 2.15. The summed E-state index contributed by atoms with van der Waals surface area (Å²) < 4.78 is 43.5. The van der Waals surface area contributed by atoms with Crippen LogP contribution in [0.1, 0.15) is 37.6 Å². The van der Waals surface area contributed by atoms with Gasteiger partial charge in [0.1, 0.15) is 17.3 Å². The molecule has 0 saturated carbocycles. The number of carbonyl (C=O) groups is 2.